The molecule has 1 saturated heterocycles. The lowest BCUT2D eigenvalue weighted by Crippen LogP contribution is -2.80. The Morgan fingerprint density at radius 3 is 1.57 bits per heavy atom. The van der Waals surface area contributed by atoms with Crippen LogP contribution in [-0.2, 0) is 0 Å². The van der Waals surface area contributed by atoms with Crippen LogP contribution in [0.2, 0.25) is 6.82 Å². The van der Waals surface area contributed by atoms with Crippen LogP contribution in [0.25, 0.3) is 0 Å². The van der Waals surface area contributed by atoms with Gasteiger partial charge in [0.1, 0.15) is 0 Å². The molecule has 0 aromatic heterocycles. The first-order valence-corrected chi connectivity index (χ1v) is 5.00. The van der Waals surface area contributed by atoms with Gasteiger partial charge in [-0.15, -0.1) is 0 Å². The van der Waals surface area contributed by atoms with E-state index in [9.17, 15) is 0 Å². The standard InChI is InChI=1S/C6H20B3N5/c1-7-10-8(12(2)3)14(6)9(11-7)13(4)5/h10-11H,1-6H3. The summed E-state index contributed by atoms with van der Waals surface area (Å²) in [5.41, 5.74) is 0. The molecule has 14 heavy (non-hydrogen) atoms. The quantitative estimate of drug-likeness (QED) is 0.514. The molecule has 0 amide bonds. The summed E-state index contributed by atoms with van der Waals surface area (Å²) in [6, 6.07) is 0. The van der Waals surface area contributed by atoms with E-state index in [0.717, 1.165) is 0 Å². The lowest BCUT2D eigenvalue weighted by molar-refractivity contribution is 0.502. The van der Waals surface area contributed by atoms with Crippen molar-refractivity contribution in [1.29, 1.82) is 0 Å². The van der Waals surface area contributed by atoms with Crippen molar-refractivity contribution >= 4 is 21.2 Å². The van der Waals surface area contributed by atoms with Crippen molar-refractivity contribution in [2.45, 2.75) is 6.82 Å². The average molecular weight is 195 g/mol. The van der Waals surface area contributed by atoms with Crippen LogP contribution in [0.4, 0.5) is 0 Å². The molecule has 1 heterocycles. The van der Waals surface area contributed by atoms with Crippen LogP contribution in [0.1, 0.15) is 0 Å². The maximum atomic E-state index is 3.46. The van der Waals surface area contributed by atoms with E-state index in [0.29, 0.717) is 6.98 Å². The van der Waals surface area contributed by atoms with Crippen molar-refractivity contribution in [1.82, 2.24) is 24.6 Å². The fraction of sp³-hybridized carbons (Fsp3) is 1.00. The molecule has 0 saturated carbocycles. The van der Waals surface area contributed by atoms with Crippen LogP contribution in [0, 0.1) is 0 Å². The third-order valence-electron chi connectivity index (χ3n) is 2.55. The van der Waals surface area contributed by atoms with Gasteiger partial charge in [0.05, 0.1) is 0 Å². The second-order valence-corrected chi connectivity index (χ2v) is 4.40. The summed E-state index contributed by atoms with van der Waals surface area (Å²) in [4.78, 5) is 4.35. The number of hydrogen-bond acceptors (Lipinski definition) is 5. The van der Waals surface area contributed by atoms with E-state index in [-0.39, 0.29) is 14.2 Å². The van der Waals surface area contributed by atoms with Crippen LogP contribution < -0.4 is 10.3 Å². The Morgan fingerprint density at radius 2 is 1.29 bits per heavy atom. The van der Waals surface area contributed by atoms with Crippen molar-refractivity contribution in [3.63, 3.8) is 0 Å². The van der Waals surface area contributed by atoms with E-state index in [1.54, 1.807) is 0 Å². The van der Waals surface area contributed by atoms with Crippen LogP contribution in [0.3, 0.4) is 0 Å². The fourth-order valence-electron chi connectivity index (χ4n) is 1.89. The van der Waals surface area contributed by atoms with E-state index in [1.807, 2.05) is 0 Å². The molecule has 1 aliphatic heterocycles. The largest absolute Gasteiger partial charge is 0.380 e. The predicted octanol–water partition coefficient (Wildman–Crippen LogP) is -1.68. The number of hydrogen-bond donors (Lipinski definition) is 2. The van der Waals surface area contributed by atoms with Crippen molar-refractivity contribution < 1.29 is 0 Å². The molecule has 1 rings (SSSR count). The lowest BCUT2D eigenvalue weighted by atomic mass is 9.56. The zero-order valence-corrected chi connectivity index (χ0v) is 10.1. The number of rotatable bonds is 2. The smallest absolute Gasteiger partial charge is 0.356 e. The Morgan fingerprint density at radius 1 is 0.929 bits per heavy atom. The first-order chi connectivity index (χ1) is 6.43. The summed E-state index contributed by atoms with van der Waals surface area (Å²) >= 11 is 0. The number of nitrogens with one attached hydrogen (secondary N) is 2. The normalized spacial score (nSPS) is 20.1. The van der Waals surface area contributed by atoms with Gasteiger partial charge in [-0.3, -0.25) is 0 Å². The molecule has 1 fully saturated rings. The van der Waals surface area contributed by atoms with E-state index in [1.165, 1.54) is 0 Å². The van der Waals surface area contributed by atoms with Crippen molar-refractivity contribution in [2.24, 2.45) is 0 Å². The Labute approximate surface area is 88.6 Å². The average Bonchev–Trinajstić information content (AvgIpc) is 2.07. The highest BCUT2D eigenvalue weighted by Gasteiger charge is 2.41. The molecule has 0 unspecified atom stereocenters. The van der Waals surface area contributed by atoms with Crippen LogP contribution >= 0.6 is 0 Å². The number of nitrogens with zero attached hydrogens (tertiary/aromatic N) is 3. The highest BCUT2D eigenvalue weighted by Crippen LogP contribution is 2.02. The van der Waals surface area contributed by atoms with Crippen molar-refractivity contribution in [3.05, 3.63) is 0 Å². The van der Waals surface area contributed by atoms with Gasteiger partial charge in [-0.2, -0.15) is 0 Å². The summed E-state index contributed by atoms with van der Waals surface area (Å²) in [6.45, 7) is 2.46. The summed E-state index contributed by atoms with van der Waals surface area (Å²) in [5, 5.41) is 6.93. The summed E-state index contributed by atoms with van der Waals surface area (Å²) in [5.74, 6) is 0. The molecular formula is C6H20B3N5. The summed E-state index contributed by atoms with van der Waals surface area (Å²) in [6.07, 6.45) is 0. The van der Waals surface area contributed by atoms with Gasteiger partial charge in [0.2, 0.25) is 0 Å². The Balaban J connectivity index is 2.70. The lowest BCUT2D eigenvalue weighted by Gasteiger charge is -2.43. The summed E-state index contributed by atoms with van der Waals surface area (Å²) < 4.78 is 2.26. The van der Waals surface area contributed by atoms with Gasteiger partial charge in [0, 0.05) is 0 Å². The Bertz CT molecular complexity index is 172. The highest BCUT2D eigenvalue weighted by atomic mass is 15.3. The van der Waals surface area contributed by atoms with Gasteiger partial charge in [-0.1, -0.05) is 6.82 Å². The first kappa shape index (κ1) is 12.1. The molecule has 2 N–H and O–H groups in total. The van der Waals surface area contributed by atoms with Gasteiger partial charge in [-0.25, -0.2) is 0 Å². The van der Waals surface area contributed by atoms with E-state index in [4.69, 9.17) is 0 Å². The fourth-order valence-corrected chi connectivity index (χ4v) is 1.89. The minimum absolute atomic E-state index is 0.277. The zero-order chi connectivity index (χ0) is 10.9. The van der Waals surface area contributed by atoms with E-state index < -0.39 is 0 Å². The first-order valence-electron chi connectivity index (χ1n) is 5.00. The molecule has 0 atom stereocenters. The van der Waals surface area contributed by atoms with Crippen LogP contribution in [-0.4, -0.2) is 70.8 Å². The maximum absolute atomic E-state index is 3.46. The van der Waals surface area contributed by atoms with Crippen LogP contribution in [0.5, 0.6) is 0 Å². The minimum atomic E-state index is 0.277. The van der Waals surface area contributed by atoms with Crippen molar-refractivity contribution in [2.75, 3.05) is 35.2 Å². The molecule has 78 valence electrons. The topological polar surface area (TPSA) is 33.8 Å². The van der Waals surface area contributed by atoms with E-state index in [2.05, 4.69) is 66.7 Å². The molecule has 0 aromatic rings. The SMILES string of the molecule is CB1NB(N(C)C)N(C)B(N(C)C)N1. The zero-order valence-electron chi connectivity index (χ0n) is 10.1. The van der Waals surface area contributed by atoms with Crippen LogP contribution in [0.15, 0.2) is 0 Å². The molecule has 0 spiro atoms. The molecule has 1 aliphatic rings. The second-order valence-electron chi connectivity index (χ2n) is 4.40. The summed E-state index contributed by atoms with van der Waals surface area (Å²) in [7, 11) is 11.0. The Hall–Kier alpha value is -0.00519. The van der Waals surface area contributed by atoms with Gasteiger partial charge in [0.15, 0.2) is 0 Å². The predicted molar refractivity (Wildman–Crippen MR) is 64.5 cm³/mol. The second kappa shape index (κ2) is 4.68. The van der Waals surface area contributed by atoms with E-state index >= 15 is 0 Å². The van der Waals surface area contributed by atoms with Gasteiger partial charge in [0.25, 0.3) is 6.98 Å². The van der Waals surface area contributed by atoms with Gasteiger partial charge in [-0.05, 0) is 35.2 Å². The Kier molecular flexibility index (Phi) is 4.03. The molecule has 0 bridgehead atoms. The molecule has 8 heteroatoms. The molecule has 5 nitrogen and oxygen atoms in total. The minimum Gasteiger partial charge on any atom is -0.356 e. The highest BCUT2D eigenvalue weighted by molar-refractivity contribution is 6.84. The molecular weight excluding hydrogens is 175 g/mol. The molecule has 0 radical (unpaired) electrons. The van der Waals surface area contributed by atoms with Gasteiger partial charge >= 0.3 is 14.2 Å². The third kappa shape index (κ3) is 2.52. The van der Waals surface area contributed by atoms with Gasteiger partial charge < -0.3 is 24.6 Å². The third-order valence-corrected chi connectivity index (χ3v) is 2.55. The van der Waals surface area contributed by atoms with Crippen molar-refractivity contribution in [3.8, 4) is 0 Å². The maximum Gasteiger partial charge on any atom is 0.380 e. The molecule has 0 aliphatic carbocycles. The monoisotopic (exact) mass is 195 g/mol. The molecule has 0 aromatic carbocycles.